The number of nitrogens with one attached hydrogen (secondary N) is 1. The first-order chi connectivity index (χ1) is 9.47. The molecule has 2 aromatic rings. The maximum Gasteiger partial charge on any atom is 0.272 e. The van der Waals surface area contributed by atoms with Gasteiger partial charge in [-0.3, -0.25) is 24.3 Å². The van der Waals surface area contributed by atoms with Gasteiger partial charge >= 0.3 is 0 Å². The van der Waals surface area contributed by atoms with Gasteiger partial charge in [0.15, 0.2) is 0 Å². The number of rotatable bonds is 1. The van der Waals surface area contributed by atoms with Crippen LogP contribution in [0.25, 0.3) is 10.2 Å². The number of nitrogens with zero attached hydrogens (tertiary/aromatic N) is 2. The minimum Gasteiger partial charge on any atom is -0.295 e. The molecule has 0 radical (unpaired) electrons. The van der Waals surface area contributed by atoms with Crippen molar-refractivity contribution in [1.29, 1.82) is 0 Å². The molecule has 1 saturated heterocycles. The van der Waals surface area contributed by atoms with Crippen LogP contribution in [0.2, 0.25) is 0 Å². The second-order valence-electron chi connectivity index (χ2n) is 4.57. The highest BCUT2D eigenvalue weighted by atomic mass is 79.9. The minimum absolute atomic E-state index is 0.231. The van der Waals surface area contributed by atoms with Gasteiger partial charge in [-0.15, -0.1) is 11.3 Å². The Morgan fingerprint density at radius 2 is 2.20 bits per heavy atom. The lowest BCUT2D eigenvalue weighted by molar-refractivity contribution is -0.135. The van der Waals surface area contributed by atoms with Crippen molar-refractivity contribution in [2.24, 2.45) is 0 Å². The fraction of sp³-hybridized carbons (Fsp3) is 0.333. The van der Waals surface area contributed by atoms with Crippen LogP contribution in [0.4, 0.5) is 0 Å². The first-order valence-corrected chi connectivity index (χ1v) is 7.60. The van der Waals surface area contributed by atoms with E-state index in [-0.39, 0.29) is 17.9 Å². The number of fused-ring (bicyclic) bond motifs is 1. The molecule has 0 saturated carbocycles. The van der Waals surface area contributed by atoms with E-state index in [0.717, 1.165) is 3.79 Å². The molecule has 1 aliphatic heterocycles. The molecule has 2 aromatic heterocycles. The predicted octanol–water partition coefficient (Wildman–Crippen LogP) is 1.51. The molecule has 0 spiro atoms. The van der Waals surface area contributed by atoms with Crippen molar-refractivity contribution < 1.29 is 9.59 Å². The number of amides is 2. The first kappa shape index (κ1) is 13.4. The van der Waals surface area contributed by atoms with Gasteiger partial charge in [0.1, 0.15) is 16.6 Å². The number of carbonyl (C=O) groups is 2. The van der Waals surface area contributed by atoms with Gasteiger partial charge in [-0.05, 0) is 35.3 Å². The third-order valence-corrected chi connectivity index (χ3v) is 4.86. The Hall–Kier alpha value is -1.54. The molecule has 0 bridgehead atoms. The minimum atomic E-state index is -0.669. The summed E-state index contributed by atoms with van der Waals surface area (Å²) in [5.74, 6) is -0.268. The van der Waals surface area contributed by atoms with Crippen molar-refractivity contribution in [3.63, 3.8) is 0 Å². The molecular weight excluding hydrogens is 346 g/mol. The number of piperidine rings is 1. The number of halogens is 1. The SMILES string of the molecule is Cc1nc2cc(Br)sc2c(=O)n1C1CCC(=O)NC1=O. The highest BCUT2D eigenvalue weighted by molar-refractivity contribution is 9.11. The van der Waals surface area contributed by atoms with Crippen LogP contribution in [0, 0.1) is 6.92 Å². The quantitative estimate of drug-likeness (QED) is 0.786. The lowest BCUT2D eigenvalue weighted by Gasteiger charge is -2.24. The first-order valence-electron chi connectivity index (χ1n) is 5.99. The lowest BCUT2D eigenvalue weighted by Crippen LogP contribution is -2.45. The molecule has 1 aliphatic rings. The Labute approximate surface area is 125 Å². The summed E-state index contributed by atoms with van der Waals surface area (Å²) in [4.78, 5) is 40.0. The van der Waals surface area contributed by atoms with Crippen LogP contribution in [0.15, 0.2) is 14.6 Å². The zero-order valence-corrected chi connectivity index (χ0v) is 12.9. The fourth-order valence-corrected chi connectivity index (χ4v) is 3.83. The largest absolute Gasteiger partial charge is 0.295 e. The van der Waals surface area contributed by atoms with Crippen LogP contribution in [-0.4, -0.2) is 21.4 Å². The molecule has 104 valence electrons. The van der Waals surface area contributed by atoms with Crippen molar-refractivity contribution in [3.05, 3.63) is 26.0 Å². The summed E-state index contributed by atoms with van der Waals surface area (Å²) in [6.07, 6.45) is 0.555. The van der Waals surface area contributed by atoms with E-state index in [2.05, 4.69) is 26.2 Å². The van der Waals surface area contributed by atoms with E-state index < -0.39 is 11.9 Å². The van der Waals surface area contributed by atoms with Crippen LogP contribution in [-0.2, 0) is 9.59 Å². The average molecular weight is 356 g/mol. The highest BCUT2D eigenvalue weighted by Crippen LogP contribution is 2.27. The predicted molar refractivity (Wildman–Crippen MR) is 77.7 cm³/mol. The third kappa shape index (κ3) is 2.08. The van der Waals surface area contributed by atoms with E-state index in [1.807, 2.05) is 0 Å². The molecule has 1 atom stereocenters. The normalized spacial score (nSPS) is 19.4. The molecule has 0 aromatic carbocycles. The van der Waals surface area contributed by atoms with E-state index in [1.54, 1.807) is 13.0 Å². The standard InChI is InChI=1S/C12H10BrN3O3S/c1-5-14-6-4-8(13)20-10(6)12(19)16(5)7-2-3-9(17)15-11(7)18/h4,7H,2-3H2,1H3,(H,15,17,18). The Morgan fingerprint density at radius 3 is 2.90 bits per heavy atom. The van der Waals surface area contributed by atoms with Gasteiger partial charge in [0.25, 0.3) is 5.56 Å². The van der Waals surface area contributed by atoms with Crippen molar-refractivity contribution in [1.82, 2.24) is 14.9 Å². The highest BCUT2D eigenvalue weighted by Gasteiger charge is 2.30. The number of aryl methyl sites for hydroxylation is 1. The number of hydrogen-bond acceptors (Lipinski definition) is 5. The van der Waals surface area contributed by atoms with E-state index in [1.165, 1.54) is 15.9 Å². The average Bonchev–Trinajstić information content (AvgIpc) is 2.72. The molecule has 20 heavy (non-hydrogen) atoms. The Bertz CT molecular complexity index is 795. The summed E-state index contributed by atoms with van der Waals surface area (Å²) in [6.45, 7) is 1.69. The molecule has 1 N–H and O–H groups in total. The summed E-state index contributed by atoms with van der Waals surface area (Å²) in [7, 11) is 0. The van der Waals surface area contributed by atoms with Crippen LogP contribution in [0.3, 0.4) is 0 Å². The summed E-state index contributed by atoms with van der Waals surface area (Å²) in [5, 5.41) is 2.26. The smallest absolute Gasteiger partial charge is 0.272 e. The molecule has 3 rings (SSSR count). The molecule has 2 amide bonds. The molecule has 8 heteroatoms. The van der Waals surface area contributed by atoms with E-state index in [0.29, 0.717) is 22.5 Å². The van der Waals surface area contributed by atoms with Crippen molar-refractivity contribution in [2.45, 2.75) is 25.8 Å². The zero-order valence-electron chi connectivity index (χ0n) is 10.5. The van der Waals surface area contributed by atoms with Crippen LogP contribution < -0.4 is 10.9 Å². The van der Waals surface area contributed by atoms with Gasteiger partial charge in [0.2, 0.25) is 11.8 Å². The molecular formula is C12H10BrN3O3S. The van der Waals surface area contributed by atoms with E-state index in [4.69, 9.17) is 0 Å². The maximum atomic E-state index is 12.5. The fourth-order valence-electron chi connectivity index (χ4n) is 2.37. The van der Waals surface area contributed by atoms with E-state index in [9.17, 15) is 14.4 Å². The number of imide groups is 1. The molecule has 1 fully saturated rings. The summed E-state index contributed by atoms with van der Waals surface area (Å²) in [6, 6.07) is 1.11. The second-order valence-corrected chi connectivity index (χ2v) is 7.00. The van der Waals surface area contributed by atoms with Gasteiger partial charge in [-0.25, -0.2) is 4.98 Å². The van der Waals surface area contributed by atoms with Crippen LogP contribution >= 0.6 is 27.3 Å². The third-order valence-electron chi connectivity index (χ3n) is 3.25. The van der Waals surface area contributed by atoms with Crippen LogP contribution in [0.1, 0.15) is 24.7 Å². The summed E-state index contributed by atoms with van der Waals surface area (Å²) < 4.78 is 2.71. The number of thiophene rings is 1. The molecule has 0 aliphatic carbocycles. The van der Waals surface area contributed by atoms with Crippen molar-refractivity contribution in [2.75, 3.05) is 0 Å². The van der Waals surface area contributed by atoms with E-state index >= 15 is 0 Å². The van der Waals surface area contributed by atoms with Gasteiger partial charge < -0.3 is 0 Å². The molecule has 1 unspecified atom stereocenters. The molecule has 6 nitrogen and oxygen atoms in total. The summed E-state index contributed by atoms with van der Waals surface area (Å²) in [5.41, 5.74) is 0.380. The zero-order chi connectivity index (χ0) is 14.4. The van der Waals surface area contributed by atoms with Crippen molar-refractivity contribution >= 4 is 49.3 Å². The number of hydrogen-bond donors (Lipinski definition) is 1. The Kier molecular flexibility index (Phi) is 3.21. The van der Waals surface area contributed by atoms with Gasteiger partial charge in [-0.1, -0.05) is 0 Å². The number of carbonyl (C=O) groups excluding carboxylic acids is 2. The van der Waals surface area contributed by atoms with Gasteiger partial charge in [0, 0.05) is 6.42 Å². The van der Waals surface area contributed by atoms with Gasteiger partial charge in [-0.2, -0.15) is 0 Å². The number of aromatic nitrogens is 2. The topological polar surface area (TPSA) is 81.1 Å². The van der Waals surface area contributed by atoms with Crippen LogP contribution in [0.5, 0.6) is 0 Å². The Morgan fingerprint density at radius 1 is 1.45 bits per heavy atom. The van der Waals surface area contributed by atoms with Crippen molar-refractivity contribution in [3.8, 4) is 0 Å². The van der Waals surface area contributed by atoms with Gasteiger partial charge in [0.05, 0.1) is 9.30 Å². The summed E-state index contributed by atoms with van der Waals surface area (Å²) >= 11 is 4.62. The monoisotopic (exact) mass is 355 g/mol. The molecule has 3 heterocycles. The lowest BCUT2D eigenvalue weighted by atomic mass is 10.1. The maximum absolute atomic E-state index is 12.5. The second kappa shape index (κ2) is 4.78. The Balaban J connectivity index is 2.18.